The average molecular weight is 388 g/mol. The van der Waals surface area contributed by atoms with Gasteiger partial charge in [0.15, 0.2) is 5.65 Å². The maximum absolute atomic E-state index is 11.6. The average Bonchev–Trinajstić information content (AvgIpc) is 3.27. The molecule has 29 heavy (non-hydrogen) atoms. The highest BCUT2D eigenvalue weighted by Gasteiger charge is 2.22. The van der Waals surface area contributed by atoms with Gasteiger partial charge in [-0.15, -0.1) is 5.10 Å². The Bertz CT molecular complexity index is 1170. The summed E-state index contributed by atoms with van der Waals surface area (Å²) in [4.78, 5) is 16.2. The van der Waals surface area contributed by atoms with E-state index in [1.807, 2.05) is 29.2 Å². The van der Waals surface area contributed by atoms with Crippen LogP contribution >= 0.6 is 0 Å². The summed E-state index contributed by atoms with van der Waals surface area (Å²) in [6.07, 6.45) is 8.41. The van der Waals surface area contributed by atoms with E-state index in [0.29, 0.717) is 11.5 Å². The molecule has 0 aliphatic heterocycles. The number of hydrogen-bond acceptors (Lipinski definition) is 6. The molecule has 5 rings (SSSR count). The molecule has 0 saturated heterocycles. The molecule has 1 N–H and O–H groups in total. The van der Waals surface area contributed by atoms with Crippen molar-refractivity contribution >= 4 is 23.3 Å². The number of hydrogen-bond donors (Lipinski definition) is 1. The summed E-state index contributed by atoms with van der Waals surface area (Å²) < 4.78 is 8.48. The summed E-state index contributed by atoms with van der Waals surface area (Å²) in [6, 6.07) is 11.0. The zero-order valence-corrected chi connectivity index (χ0v) is 15.9. The van der Waals surface area contributed by atoms with E-state index >= 15 is 0 Å². The van der Waals surface area contributed by atoms with Gasteiger partial charge in [0.05, 0.1) is 18.9 Å². The van der Waals surface area contributed by atoms with Crippen LogP contribution in [0.5, 0.6) is 0 Å². The van der Waals surface area contributed by atoms with Crippen LogP contribution in [0, 0.1) is 5.92 Å². The first-order valence-corrected chi connectivity index (χ1v) is 9.53. The second-order valence-electron chi connectivity index (χ2n) is 7.21. The van der Waals surface area contributed by atoms with Gasteiger partial charge in [-0.3, -0.25) is 4.68 Å². The quantitative estimate of drug-likeness (QED) is 0.509. The molecule has 0 bridgehead atoms. The third-order valence-corrected chi connectivity index (χ3v) is 5.01. The van der Waals surface area contributed by atoms with Crippen molar-refractivity contribution in [2.24, 2.45) is 5.92 Å². The largest absolute Gasteiger partial charge is 0.465 e. The Balaban J connectivity index is 1.41. The van der Waals surface area contributed by atoms with E-state index in [1.165, 1.54) is 20.0 Å². The minimum atomic E-state index is -0.366. The van der Waals surface area contributed by atoms with Gasteiger partial charge < -0.3 is 10.1 Å². The molecule has 0 unspecified atom stereocenters. The molecule has 0 amide bonds. The predicted octanol–water partition coefficient (Wildman–Crippen LogP) is 3.53. The number of benzene rings is 1. The maximum atomic E-state index is 11.6. The number of carbonyl (C=O) groups is 1. The maximum Gasteiger partial charge on any atom is 0.337 e. The van der Waals surface area contributed by atoms with Crippen molar-refractivity contribution in [3.05, 3.63) is 60.6 Å². The van der Waals surface area contributed by atoms with Crippen LogP contribution in [0.4, 0.5) is 11.6 Å². The van der Waals surface area contributed by atoms with Crippen molar-refractivity contribution in [1.82, 2.24) is 24.4 Å². The number of esters is 1. The molecule has 3 heterocycles. The zero-order valence-electron chi connectivity index (χ0n) is 15.9. The van der Waals surface area contributed by atoms with Crippen LogP contribution in [0.3, 0.4) is 0 Å². The smallest absolute Gasteiger partial charge is 0.337 e. The van der Waals surface area contributed by atoms with Gasteiger partial charge in [-0.1, -0.05) is 0 Å². The molecule has 1 aromatic carbocycles. The summed E-state index contributed by atoms with van der Waals surface area (Å²) >= 11 is 0. The number of methoxy groups -OCH3 is 1. The van der Waals surface area contributed by atoms with Crippen LogP contribution in [0.1, 0.15) is 23.2 Å². The van der Waals surface area contributed by atoms with Crippen molar-refractivity contribution in [3.8, 4) is 11.1 Å². The summed E-state index contributed by atoms with van der Waals surface area (Å²) in [7, 11) is 1.36. The van der Waals surface area contributed by atoms with Gasteiger partial charge in [0.1, 0.15) is 0 Å². The first-order valence-electron chi connectivity index (χ1n) is 9.53. The van der Waals surface area contributed by atoms with Gasteiger partial charge in [-0.25, -0.2) is 9.31 Å². The van der Waals surface area contributed by atoms with Gasteiger partial charge in [-0.2, -0.15) is 10.1 Å². The van der Waals surface area contributed by atoms with Crippen LogP contribution < -0.4 is 5.32 Å². The minimum absolute atomic E-state index is 0.366. The minimum Gasteiger partial charge on any atom is -0.465 e. The first kappa shape index (κ1) is 17.4. The lowest BCUT2D eigenvalue weighted by atomic mass is 10.1. The molecule has 1 aliphatic rings. The topological polar surface area (TPSA) is 86.3 Å². The molecular formula is C21H20N6O2. The normalized spacial score (nSPS) is 13.6. The Morgan fingerprint density at radius 2 is 2.07 bits per heavy atom. The molecule has 0 spiro atoms. The van der Waals surface area contributed by atoms with Crippen LogP contribution in [0.25, 0.3) is 16.8 Å². The van der Waals surface area contributed by atoms with E-state index in [9.17, 15) is 4.79 Å². The monoisotopic (exact) mass is 388 g/mol. The number of rotatable bonds is 6. The summed E-state index contributed by atoms with van der Waals surface area (Å²) in [5.74, 6) is 0.885. The highest BCUT2D eigenvalue weighted by molar-refractivity contribution is 5.89. The fourth-order valence-corrected chi connectivity index (χ4v) is 3.29. The molecule has 4 aromatic rings. The highest BCUT2D eigenvalue weighted by Crippen LogP contribution is 2.31. The second-order valence-corrected chi connectivity index (χ2v) is 7.21. The molecule has 8 nitrogen and oxygen atoms in total. The molecule has 8 heteroatoms. The van der Waals surface area contributed by atoms with E-state index in [4.69, 9.17) is 4.74 Å². The molecule has 0 radical (unpaired) electrons. The third-order valence-electron chi connectivity index (χ3n) is 5.01. The summed E-state index contributed by atoms with van der Waals surface area (Å²) in [5.41, 5.74) is 4.04. The zero-order chi connectivity index (χ0) is 19.8. The van der Waals surface area contributed by atoms with Crippen molar-refractivity contribution < 1.29 is 9.53 Å². The lowest BCUT2D eigenvalue weighted by Crippen LogP contribution is -2.01. The molecule has 3 aromatic heterocycles. The first-order chi connectivity index (χ1) is 14.2. The van der Waals surface area contributed by atoms with Crippen LogP contribution in [0.2, 0.25) is 0 Å². The number of ether oxygens (including phenoxy) is 1. The second kappa shape index (κ2) is 7.05. The number of anilines is 2. The molecule has 146 valence electrons. The molecule has 1 saturated carbocycles. The van der Waals surface area contributed by atoms with E-state index in [-0.39, 0.29) is 5.97 Å². The van der Waals surface area contributed by atoms with Gasteiger partial charge in [0.25, 0.3) is 0 Å². The van der Waals surface area contributed by atoms with Crippen LogP contribution in [0.15, 0.2) is 55.0 Å². The standard InChI is InChI=1S/C21H20N6O2/c1-29-20(28)15-6-8-17(9-7-15)23-21-24-19-18(3-2-10-27(19)25-21)16-11-22-26(13-16)12-14-4-5-14/h2-3,6-11,13-14H,4-5,12H2,1H3,(H,23,25). The molecule has 0 atom stereocenters. The Morgan fingerprint density at radius 1 is 1.24 bits per heavy atom. The number of nitrogens with one attached hydrogen (secondary N) is 1. The van der Waals surface area contributed by atoms with Gasteiger partial charge >= 0.3 is 5.97 Å². The highest BCUT2D eigenvalue weighted by atomic mass is 16.5. The molecule has 1 fully saturated rings. The SMILES string of the molecule is COC(=O)c1ccc(Nc2nc3c(-c4cnn(CC5CC5)c4)cccn3n2)cc1. The number of fused-ring (bicyclic) bond motifs is 1. The van der Waals surface area contributed by atoms with Crippen molar-refractivity contribution in [2.45, 2.75) is 19.4 Å². The number of carbonyl (C=O) groups excluding carboxylic acids is 1. The lowest BCUT2D eigenvalue weighted by molar-refractivity contribution is 0.0601. The lowest BCUT2D eigenvalue weighted by Gasteiger charge is -2.03. The predicted molar refractivity (Wildman–Crippen MR) is 108 cm³/mol. The van der Waals surface area contributed by atoms with Crippen molar-refractivity contribution in [2.75, 3.05) is 12.4 Å². The summed E-state index contributed by atoms with van der Waals surface area (Å²) in [6.45, 7) is 0.976. The Morgan fingerprint density at radius 3 is 2.83 bits per heavy atom. The number of aromatic nitrogens is 5. The van der Waals surface area contributed by atoms with E-state index in [1.54, 1.807) is 28.8 Å². The van der Waals surface area contributed by atoms with E-state index in [0.717, 1.165) is 34.9 Å². The fraction of sp³-hybridized carbons (Fsp3) is 0.238. The van der Waals surface area contributed by atoms with Crippen molar-refractivity contribution in [1.29, 1.82) is 0 Å². The van der Waals surface area contributed by atoms with Crippen LogP contribution in [-0.2, 0) is 11.3 Å². The Kier molecular flexibility index (Phi) is 4.23. The van der Waals surface area contributed by atoms with Gasteiger partial charge in [0, 0.05) is 35.8 Å². The molecular weight excluding hydrogens is 368 g/mol. The number of pyridine rings is 1. The van der Waals surface area contributed by atoms with Crippen molar-refractivity contribution in [3.63, 3.8) is 0 Å². The summed E-state index contributed by atoms with van der Waals surface area (Å²) in [5, 5.41) is 12.2. The molecule has 1 aliphatic carbocycles. The van der Waals surface area contributed by atoms with Gasteiger partial charge in [0.2, 0.25) is 5.95 Å². The van der Waals surface area contributed by atoms with Crippen LogP contribution in [-0.4, -0.2) is 37.5 Å². The Labute approximate surface area is 167 Å². The Hall–Kier alpha value is -3.68. The fourth-order valence-electron chi connectivity index (χ4n) is 3.29. The van der Waals surface area contributed by atoms with Gasteiger partial charge in [-0.05, 0) is 55.2 Å². The van der Waals surface area contributed by atoms with E-state index in [2.05, 4.69) is 26.7 Å². The van der Waals surface area contributed by atoms with E-state index < -0.39 is 0 Å². The number of nitrogens with zero attached hydrogens (tertiary/aromatic N) is 5. The third kappa shape index (κ3) is 3.56.